The van der Waals surface area contributed by atoms with Crippen molar-refractivity contribution in [2.45, 2.75) is 58.3 Å². The van der Waals surface area contributed by atoms with Gasteiger partial charge in [0.1, 0.15) is 17.5 Å². The highest BCUT2D eigenvalue weighted by atomic mass is 16.6. The van der Waals surface area contributed by atoms with E-state index in [2.05, 4.69) is 40.9 Å². The van der Waals surface area contributed by atoms with Crippen molar-refractivity contribution in [3.63, 3.8) is 0 Å². The number of fused-ring (bicyclic) bond motifs is 1. The number of hydrogen-bond acceptors (Lipinski definition) is 17. The molecule has 0 aliphatic rings. The Kier molecular flexibility index (Phi) is 20.1. The zero-order valence-electron chi connectivity index (χ0n) is 32.6. The third-order valence-electron chi connectivity index (χ3n) is 8.19. The van der Waals surface area contributed by atoms with Crippen LogP contribution in [-0.4, -0.2) is 136 Å². The largest absolute Gasteiger partial charge is 0.480 e. The molecule has 21 nitrogen and oxygen atoms in total. The van der Waals surface area contributed by atoms with Crippen LogP contribution in [0.2, 0.25) is 0 Å². The van der Waals surface area contributed by atoms with E-state index in [1.807, 2.05) is 13.1 Å². The number of H-pyrrole nitrogens is 1. The Labute approximate surface area is 334 Å². The summed E-state index contributed by atoms with van der Waals surface area (Å²) in [7, 11) is 0. The summed E-state index contributed by atoms with van der Waals surface area (Å²) in [4.78, 5) is 63.8. The van der Waals surface area contributed by atoms with Crippen LogP contribution >= 0.6 is 0 Å². The summed E-state index contributed by atoms with van der Waals surface area (Å²) in [6, 6.07) is 5.12. The fraction of sp³-hybridized carbons (Fsp3) is 0.541. The lowest BCUT2D eigenvalue weighted by atomic mass is 10.1. The predicted octanol–water partition coefficient (Wildman–Crippen LogP) is 1.13. The fourth-order valence-electron chi connectivity index (χ4n) is 5.12. The number of benzene rings is 1. The number of ether oxygens (including phenoxy) is 6. The first-order valence-electron chi connectivity index (χ1n) is 19.0. The maximum absolute atomic E-state index is 12.8. The summed E-state index contributed by atoms with van der Waals surface area (Å²) in [6.07, 6.45) is 3.98. The third-order valence-corrected chi connectivity index (χ3v) is 8.19. The van der Waals surface area contributed by atoms with Crippen LogP contribution in [0.25, 0.3) is 11.2 Å². The molecule has 1 amide bonds. The molecule has 0 aliphatic heterocycles. The number of aryl methyl sites for hydroxylation is 1. The molecule has 58 heavy (non-hydrogen) atoms. The van der Waals surface area contributed by atoms with Gasteiger partial charge in [0.25, 0.3) is 11.5 Å². The average Bonchev–Trinajstić information content (AvgIpc) is 3.69. The van der Waals surface area contributed by atoms with Gasteiger partial charge in [0.15, 0.2) is 11.2 Å². The number of aliphatic carboxylic acids is 1. The Morgan fingerprint density at radius 2 is 1.47 bits per heavy atom. The van der Waals surface area contributed by atoms with Crippen molar-refractivity contribution < 1.29 is 47.9 Å². The number of nitrogens with two attached hydrogens (primary N) is 1. The molecule has 0 bridgehead atoms. The normalized spacial score (nSPS) is 11.8. The minimum absolute atomic E-state index is 0.00327. The number of carboxylic acid groups (broad SMARTS) is 1. The number of carboxylic acids is 1. The first kappa shape index (κ1) is 45.3. The van der Waals surface area contributed by atoms with E-state index >= 15 is 0 Å². The number of hydrogen-bond donors (Lipinski definition) is 5. The molecule has 0 radical (unpaired) electrons. The van der Waals surface area contributed by atoms with Gasteiger partial charge in [-0.1, -0.05) is 5.21 Å². The van der Waals surface area contributed by atoms with E-state index in [4.69, 9.17) is 34.2 Å². The lowest BCUT2D eigenvalue weighted by Crippen LogP contribution is -2.41. The van der Waals surface area contributed by atoms with Crippen LogP contribution < -0.4 is 21.9 Å². The van der Waals surface area contributed by atoms with Crippen molar-refractivity contribution in [3.05, 3.63) is 64.0 Å². The molecule has 3 aromatic heterocycles. The van der Waals surface area contributed by atoms with Crippen LogP contribution in [0, 0.1) is 0 Å². The molecule has 3 heterocycles. The number of aromatic amines is 1. The van der Waals surface area contributed by atoms with Gasteiger partial charge >= 0.3 is 5.97 Å². The highest BCUT2D eigenvalue weighted by molar-refractivity contribution is 5.97. The molecule has 21 heteroatoms. The molecule has 1 atom stereocenters. The number of nitrogens with one attached hydrogen (secondary N) is 3. The van der Waals surface area contributed by atoms with E-state index in [0.29, 0.717) is 97.1 Å². The highest BCUT2D eigenvalue weighted by Crippen LogP contribution is 2.13. The van der Waals surface area contributed by atoms with E-state index in [-0.39, 0.29) is 54.3 Å². The zero-order chi connectivity index (χ0) is 41.4. The first-order valence-corrected chi connectivity index (χ1v) is 19.0. The summed E-state index contributed by atoms with van der Waals surface area (Å²) in [5, 5.41) is 23.2. The van der Waals surface area contributed by atoms with Crippen LogP contribution in [0.1, 0.15) is 54.4 Å². The number of ketones is 1. The highest BCUT2D eigenvalue weighted by Gasteiger charge is 2.22. The number of carbonyl (C=O) groups excluding carboxylic acids is 2. The molecule has 0 saturated heterocycles. The number of anilines is 2. The SMILES string of the molecule is CCn1cc(COCCOCCOCCOCCOCCOCCCC(=O)CC[C@H](NC(=O)c2ccc(NCc3cnc4nc(N)[nH]c(=O)c4n3)cc2)C(=O)O)nn1. The second-order valence-electron chi connectivity index (χ2n) is 12.6. The van der Waals surface area contributed by atoms with E-state index in [1.54, 1.807) is 16.8 Å². The van der Waals surface area contributed by atoms with Gasteiger partial charge in [-0.25, -0.2) is 14.8 Å². The minimum atomic E-state index is -1.24. The molecule has 0 unspecified atom stereocenters. The van der Waals surface area contributed by atoms with Crippen LogP contribution in [0.15, 0.2) is 41.5 Å². The molecule has 0 spiro atoms. The van der Waals surface area contributed by atoms with Crippen molar-refractivity contribution >= 4 is 40.5 Å². The molecule has 0 fully saturated rings. The average molecular weight is 813 g/mol. The number of aromatic nitrogens is 7. The molecular formula is C37H52N10O11. The maximum Gasteiger partial charge on any atom is 0.326 e. The van der Waals surface area contributed by atoms with Crippen LogP contribution in [-0.2, 0) is 57.7 Å². The van der Waals surface area contributed by atoms with Gasteiger partial charge in [-0.15, -0.1) is 5.10 Å². The van der Waals surface area contributed by atoms with E-state index in [1.165, 1.54) is 18.3 Å². The Hall–Kier alpha value is -5.45. The lowest BCUT2D eigenvalue weighted by Gasteiger charge is -2.14. The minimum Gasteiger partial charge on any atom is -0.480 e. The fourth-order valence-corrected chi connectivity index (χ4v) is 5.12. The van der Waals surface area contributed by atoms with Crippen LogP contribution in [0.3, 0.4) is 0 Å². The first-order chi connectivity index (χ1) is 28.2. The number of Topliss-reactive ketones (excluding diaryl/α,β-unsaturated/α-hetero) is 1. The summed E-state index contributed by atoms with van der Waals surface area (Å²) in [6.45, 7) is 8.06. The zero-order valence-corrected chi connectivity index (χ0v) is 32.6. The van der Waals surface area contributed by atoms with E-state index in [0.717, 1.165) is 12.2 Å². The van der Waals surface area contributed by atoms with Gasteiger partial charge in [0.2, 0.25) is 5.95 Å². The lowest BCUT2D eigenvalue weighted by molar-refractivity contribution is -0.139. The number of rotatable bonds is 31. The molecule has 0 saturated carbocycles. The smallest absolute Gasteiger partial charge is 0.326 e. The molecule has 4 rings (SSSR count). The summed E-state index contributed by atoms with van der Waals surface area (Å²) in [5.74, 6) is -2.00. The molecule has 316 valence electrons. The van der Waals surface area contributed by atoms with E-state index in [9.17, 15) is 24.3 Å². The number of carbonyl (C=O) groups is 3. The van der Waals surface area contributed by atoms with Crippen LogP contribution in [0.5, 0.6) is 0 Å². The van der Waals surface area contributed by atoms with Crippen molar-refractivity contribution in [3.8, 4) is 0 Å². The second-order valence-corrected chi connectivity index (χ2v) is 12.6. The Balaban J connectivity index is 0.944. The van der Waals surface area contributed by atoms with Crippen LogP contribution in [0.4, 0.5) is 11.6 Å². The summed E-state index contributed by atoms with van der Waals surface area (Å²) < 4.78 is 34.7. The van der Waals surface area contributed by atoms with Gasteiger partial charge in [-0.2, -0.15) is 4.98 Å². The number of nitrogen functional groups attached to an aromatic ring is 1. The van der Waals surface area contributed by atoms with Crippen molar-refractivity contribution in [1.29, 1.82) is 0 Å². The quantitative estimate of drug-likeness (QED) is 0.0445. The van der Waals surface area contributed by atoms with Gasteiger partial charge in [-0.05, 0) is 44.0 Å². The summed E-state index contributed by atoms with van der Waals surface area (Å²) >= 11 is 0. The van der Waals surface area contributed by atoms with Crippen molar-refractivity contribution in [2.75, 3.05) is 83.7 Å². The second kappa shape index (κ2) is 25.7. The topological polar surface area (TPSA) is 279 Å². The van der Waals surface area contributed by atoms with Gasteiger partial charge in [0.05, 0.1) is 97.3 Å². The number of nitrogens with zero attached hydrogens (tertiary/aromatic N) is 6. The maximum atomic E-state index is 12.8. The Morgan fingerprint density at radius 1 is 0.845 bits per heavy atom. The molecule has 0 aliphatic carbocycles. The van der Waals surface area contributed by atoms with E-state index < -0.39 is 23.5 Å². The Bertz CT molecular complexity index is 1910. The monoisotopic (exact) mass is 812 g/mol. The third kappa shape index (κ3) is 17.0. The standard InChI is InChI=1S/C37H52N10O11/c1-2-47-24-29(45-46-47)25-58-21-20-57-19-18-56-17-16-55-15-14-54-13-12-53-11-3-4-30(48)9-10-31(36(51)52)42-34(49)26-5-7-27(8-6-26)39-22-28-23-40-33-32(41-28)35(50)44-37(38)43-33/h5-8,23-24,31,39H,2-4,9-22,25H2,1H3,(H,42,49)(H,51,52)(H3,38,40,43,44,50)/t31-/m0/s1. The molecule has 1 aromatic carbocycles. The van der Waals surface area contributed by atoms with Crippen molar-refractivity contribution in [2.24, 2.45) is 0 Å². The predicted molar refractivity (Wildman–Crippen MR) is 208 cm³/mol. The molecule has 4 aromatic rings. The van der Waals surface area contributed by atoms with Gasteiger partial charge < -0.3 is 49.9 Å². The van der Waals surface area contributed by atoms with Crippen molar-refractivity contribution in [1.82, 2.24) is 40.2 Å². The van der Waals surface area contributed by atoms with Gasteiger partial charge in [0, 0.05) is 37.2 Å². The molecular weight excluding hydrogens is 760 g/mol. The van der Waals surface area contributed by atoms with Gasteiger partial charge in [-0.3, -0.25) is 24.0 Å². The number of amides is 1. The summed E-state index contributed by atoms with van der Waals surface area (Å²) in [5.41, 5.74) is 7.38. The Morgan fingerprint density at radius 3 is 2.07 bits per heavy atom. The molecule has 6 N–H and O–H groups in total.